The van der Waals surface area contributed by atoms with Crippen LogP contribution >= 0.6 is 11.6 Å². The Bertz CT molecular complexity index is 1220. The van der Waals surface area contributed by atoms with Crippen molar-refractivity contribution in [1.82, 2.24) is 9.88 Å². The van der Waals surface area contributed by atoms with Crippen LogP contribution in [0.4, 0.5) is 0 Å². The van der Waals surface area contributed by atoms with Crippen molar-refractivity contribution in [2.45, 2.75) is 19.4 Å². The van der Waals surface area contributed by atoms with Gasteiger partial charge < -0.3 is 9.88 Å². The molecule has 0 spiro atoms. The van der Waals surface area contributed by atoms with Crippen LogP contribution in [0.2, 0.25) is 5.02 Å². The molecule has 1 saturated carbocycles. The van der Waals surface area contributed by atoms with Gasteiger partial charge in [0.15, 0.2) is 0 Å². The van der Waals surface area contributed by atoms with Crippen LogP contribution in [0.15, 0.2) is 71.5 Å². The molecule has 1 aromatic heterocycles. The summed E-state index contributed by atoms with van der Waals surface area (Å²) in [5.41, 5.74) is 4.10. The first kappa shape index (κ1) is 18.8. The van der Waals surface area contributed by atoms with E-state index in [9.17, 15) is 9.59 Å². The van der Waals surface area contributed by atoms with Crippen molar-refractivity contribution in [1.29, 1.82) is 0 Å². The molecule has 1 aliphatic heterocycles. The Balaban J connectivity index is 1.39. The zero-order valence-electron chi connectivity index (χ0n) is 16.3. The Kier molecular flexibility index (Phi) is 4.75. The van der Waals surface area contributed by atoms with E-state index in [4.69, 9.17) is 11.6 Å². The fourth-order valence-corrected chi connectivity index (χ4v) is 3.94. The van der Waals surface area contributed by atoms with Gasteiger partial charge in [-0.1, -0.05) is 41.9 Å². The van der Waals surface area contributed by atoms with Gasteiger partial charge in [-0.05, 0) is 42.7 Å². The van der Waals surface area contributed by atoms with Crippen LogP contribution in [0.3, 0.4) is 0 Å². The minimum absolute atomic E-state index is 0.402. The van der Waals surface area contributed by atoms with Crippen molar-refractivity contribution in [3.05, 3.63) is 82.7 Å². The lowest BCUT2D eigenvalue weighted by molar-refractivity contribution is -0.116. The molecule has 2 aromatic carbocycles. The number of Topliss-reactive ketones (excluding diaryl/α,β-unsaturated/α-hetero) is 1. The van der Waals surface area contributed by atoms with Crippen LogP contribution in [0.1, 0.15) is 28.8 Å². The minimum Gasteiger partial charge on any atom is -0.342 e. The van der Waals surface area contributed by atoms with Gasteiger partial charge in [-0.2, -0.15) is 0 Å². The zero-order chi connectivity index (χ0) is 20.7. The number of fused-ring (bicyclic) bond motifs is 1. The van der Waals surface area contributed by atoms with Gasteiger partial charge in [0.05, 0.1) is 12.1 Å². The molecule has 3 aromatic rings. The molecular weight excluding hydrogens is 398 g/mol. The molecule has 0 unspecified atom stereocenters. The molecule has 1 fully saturated rings. The number of hydrogen-bond acceptors (Lipinski definition) is 3. The number of carbonyl (C=O) groups is 2. The minimum atomic E-state index is -0.622. The third-order valence-corrected chi connectivity index (χ3v) is 5.78. The second kappa shape index (κ2) is 7.58. The van der Waals surface area contributed by atoms with Gasteiger partial charge in [0.25, 0.3) is 11.7 Å². The van der Waals surface area contributed by atoms with E-state index in [1.165, 1.54) is 0 Å². The zero-order valence-corrected chi connectivity index (χ0v) is 17.0. The Labute approximate surface area is 179 Å². The van der Waals surface area contributed by atoms with Crippen molar-refractivity contribution >= 4 is 39.9 Å². The predicted octanol–water partition coefficient (Wildman–Crippen LogP) is 4.39. The van der Waals surface area contributed by atoms with E-state index in [0.29, 0.717) is 35.3 Å². The van der Waals surface area contributed by atoms with Crippen LogP contribution in [0.25, 0.3) is 10.9 Å². The van der Waals surface area contributed by atoms with Crippen LogP contribution in [0, 0.1) is 5.92 Å². The van der Waals surface area contributed by atoms with E-state index in [1.807, 2.05) is 59.2 Å². The third-order valence-electron chi connectivity index (χ3n) is 5.53. The summed E-state index contributed by atoms with van der Waals surface area (Å²) < 4.78 is 1.99. The molecule has 1 aliphatic carbocycles. The van der Waals surface area contributed by atoms with E-state index in [2.05, 4.69) is 10.3 Å². The summed E-state index contributed by atoms with van der Waals surface area (Å²) in [5, 5.41) is 4.20. The number of benzene rings is 2. The molecule has 6 heteroatoms. The quantitative estimate of drug-likeness (QED) is 0.477. The van der Waals surface area contributed by atoms with Gasteiger partial charge in [0.2, 0.25) is 0 Å². The maximum atomic E-state index is 13.0. The summed E-state index contributed by atoms with van der Waals surface area (Å²) in [7, 11) is 0. The summed E-state index contributed by atoms with van der Waals surface area (Å²) in [6.45, 7) is 1.01. The number of ketones is 1. The number of halogens is 1. The molecule has 0 bridgehead atoms. The number of hydrogen-bond donors (Lipinski definition) is 1. The van der Waals surface area contributed by atoms with E-state index in [0.717, 1.165) is 35.0 Å². The van der Waals surface area contributed by atoms with Gasteiger partial charge in [0, 0.05) is 46.0 Å². The molecule has 0 radical (unpaired) electrons. The highest BCUT2D eigenvalue weighted by Gasteiger charge is 2.29. The van der Waals surface area contributed by atoms with E-state index in [-0.39, 0.29) is 0 Å². The van der Waals surface area contributed by atoms with E-state index < -0.39 is 11.7 Å². The Hall–Kier alpha value is -3.18. The number of aromatic nitrogens is 1. The average Bonchev–Trinajstić information content (AvgIpc) is 3.40. The highest BCUT2D eigenvalue weighted by atomic mass is 35.5. The second-order valence-corrected chi connectivity index (χ2v) is 8.22. The van der Waals surface area contributed by atoms with Crippen molar-refractivity contribution < 1.29 is 9.59 Å². The molecule has 30 heavy (non-hydrogen) atoms. The Morgan fingerprint density at radius 3 is 2.63 bits per heavy atom. The SMILES string of the molecule is O=C(NC1=CC(C2CC2)=NC1)C(=O)c1cn(Cc2ccc(Cl)cc2)c2ccccc12. The van der Waals surface area contributed by atoms with Crippen molar-refractivity contribution in [2.24, 2.45) is 10.9 Å². The molecule has 150 valence electrons. The maximum absolute atomic E-state index is 13.0. The summed E-state index contributed by atoms with van der Waals surface area (Å²) in [6, 6.07) is 15.2. The predicted molar refractivity (Wildman–Crippen MR) is 118 cm³/mol. The number of aliphatic imine (C=N–C) groups is 1. The molecule has 2 aliphatic rings. The number of nitrogens with zero attached hydrogens (tertiary/aromatic N) is 2. The molecule has 5 nitrogen and oxygen atoms in total. The van der Waals surface area contributed by atoms with Crippen LogP contribution < -0.4 is 5.32 Å². The molecule has 1 amide bonds. The third kappa shape index (κ3) is 3.68. The number of carbonyl (C=O) groups excluding carboxylic acids is 2. The summed E-state index contributed by atoms with van der Waals surface area (Å²) in [5.74, 6) is -0.634. The smallest absolute Gasteiger partial charge is 0.296 e. The number of nitrogens with one attached hydrogen (secondary N) is 1. The maximum Gasteiger partial charge on any atom is 0.296 e. The Morgan fingerprint density at radius 1 is 1.10 bits per heavy atom. The average molecular weight is 418 g/mol. The molecule has 5 rings (SSSR count). The van der Waals surface area contributed by atoms with Crippen molar-refractivity contribution in [3.8, 4) is 0 Å². The fraction of sp³-hybridized carbons (Fsp3) is 0.208. The molecular formula is C24H20ClN3O2. The standard InChI is InChI=1S/C24H20ClN3O2/c25-17-9-5-15(6-10-17)13-28-14-20(19-3-1-2-4-22(19)28)23(29)24(30)27-18-11-21(26-12-18)16-7-8-16/h1-6,9-11,14,16H,7-8,12-13H2,(H,27,30). The van der Waals surface area contributed by atoms with E-state index >= 15 is 0 Å². The summed E-state index contributed by atoms with van der Waals surface area (Å²) in [4.78, 5) is 30.1. The van der Waals surface area contributed by atoms with Crippen molar-refractivity contribution in [2.75, 3.05) is 6.54 Å². The summed E-state index contributed by atoms with van der Waals surface area (Å²) in [6.07, 6.45) is 5.98. The van der Waals surface area contributed by atoms with Crippen molar-refractivity contribution in [3.63, 3.8) is 0 Å². The Morgan fingerprint density at radius 2 is 1.87 bits per heavy atom. The molecule has 1 N–H and O–H groups in total. The highest BCUT2D eigenvalue weighted by Crippen LogP contribution is 2.33. The number of allylic oxidation sites excluding steroid dienone is 1. The molecule has 0 saturated heterocycles. The van der Waals surface area contributed by atoms with Crippen LogP contribution in [0.5, 0.6) is 0 Å². The van der Waals surface area contributed by atoms with Crippen LogP contribution in [-0.4, -0.2) is 28.5 Å². The number of amides is 1. The topological polar surface area (TPSA) is 63.5 Å². The van der Waals surface area contributed by atoms with Gasteiger partial charge in [-0.15, -0.1) is 0 Å². The lowest BCUT2D eigenvalue weighted by atomic mass is 10.1. The first-order valence-electron chi connectivity index (χ1n) is 10.0. The van der Waals surface area contributed by atoms with Gasteiger partial charge in [0.1, 0.15) is 0 Å². The fourth-order valence-electron chi connectivity index (χ4n) is 3.82. The molecule has 0 atom stereocenters. The summed E-state index contributed by atoms with van der Waals surface area (Å²) >= 11 is 5.98. The monoisotopic (exact) mass is 417 g/mol. The lowest BCUT2D eigenvalue weighted by Crippen LogP contribution is -2.31. The van der Waals surface area contributed by atoms with Crippen LogP contribution in [-0.2, 0) is 11.3 Å². The normalized spacial score (nSPS) is 15.8. The largest absolute Gasteiger partial charge is 0.342 e. The van der Waals surface area contributed by atoms with E-state index in [1.54, 1.807) is 6.20 Å². The van der Waals surface area contributed by atoms with Gasteiger partial charge in [-0.3, -0.25) is 14.6 Å². The number of rotatable bonds is 6. The van der Waals surface area contributed by atoms with Gasteiger partial charge in [-0.25, -0.2) is 0 Å². The first-order valence-corrected chi connectivity index (χ1v) is 10.4. The lowest BCUT2D eigenvalue weighted by Gasteiger charge is -2.05. The van der Waals surface area contributed by atoms with Gasteiger partial charge >= 0.3 is 0 Å². The second-order valence-electron chi connectivity index (χ2n) is 7.78. The molecule has 2 heterocycles. The first-order chi connectivity index (χ1) is 14.6. The highest BCUT2D eigenvalue weighted by molar-refractivity contribution is 6.45. The number of para-hydroxylation sites is 1.